The third-order valence-corrected chi connectivity index (χ3v) is 9.78. The maximum Gasteiger partial charge on any atom is 0.246 e. The van der Waals surface area contributed by atoms with Gasteiger partial charge in [-0.15, -0.1) is 0 Å². The summed E-state index contributed by atoms with van der Waals surface area (Å²) >= 11 is 0. The number of carbonyl (C=O) groups is 3. The zero-order valence-electron chi connectivity index (χ0n) is 23.6. The van der Waals surface area contributed by atoms with Gasteiger partial charge < -0.3 is 25.0 Å². The second-order valence-electron chi connectivity index (χ2n) is 12.2. The lowest BCUT2D eigenvalue weighted by Gasteiger charge is -2.37. The molecule has 216 valence electrons. The van der Waals surface area contributed by atoms with E-state index in [2.05, 4.69) is 22.5 Å². The molecular formula is C31H42N4O5. The highest BCUT2D eigenvalue weighted by Gasteiger charge is 2.72. The monoisotopic (exact) mass is 550 g/mol. The van der Waals surface area contributed by atoms with Gasteiger partial charge in [-0.25, -0.2) is 0 Å². The predicted molar refractivity (Wildman–Crippen MR) is 151 cm³/mol. The lowest BCUT2D eigenvalue weighted by atomic mass is 9.74. The zero-order valence-corrected chi connectivity index (χ0v) is 23.6. The first-order valence-corrected chi connectivity index (χ1v) is 15.1. The number of nitrogens with one attached hydrogen (secondary N) is 2. The van der Waals surface area contributed by atoms with Crippen LogP contribution in [0.1, 0.15) is 58.3 Å². The minimum absolute atomic E-state index is 0.116. The van der Waals surface area contributed by atoms with Crippen molar-refractivity contribution in [3.05, 3.63) is 36.4 Å². The van der Waals surface area contributed by atoms with Gasteiger partial charge in [0.15, 0.2) is 0 Å². The average molecular weight is 551 g/mol. The van der Waals surface area contributed by atoms with Crippen LogP contribution in [0.5, 0.6) is 5.75 Å². The molecule has 1 aromatic carbocycles. The fourth-order valence-corrected chi connectivity index (χ4v) is 7.69. The van der Waals surface area contributed by atoms with Crippen molar-refractivity contribution in [2.24, 2.45) is 11.8 Å². The normalized spacial score (nSPS) is 33.7. The number of ether oxygens (including phenoxy) is 2. The molecule has 2 unspecified atom stereocenters. The minimum atomic E-state index is -1.13. The van der Waals surface area contributed by atoms with Gasteiger partial charge in [-0.05, 0) is 51.3 Å². The number of hydrogen-bond donors (Lipinski definition) is 2. The van der Waals surface area contributed by atoms with E-state index in [1.54, 1.807) is 24.1 Å². The summed E-state index contributed by atoms with van der Waals surface area (Å²) in [5.41, 5.74) is -0.539. The summed E-state index contributed by atoms with van der Waals surface area (Å²) in [4.78, 5) is 46.0. The molecule has 4 fully saturated rings. The van der Waals surface area contributed by atoms with Gasteiger partial charge in [0.25, 0.3) is 0 Å². The Morgan fingerprint density at radius 1 is 1.07 bits per heavy atom. The van der Waals surface area contributed by atoms with Crippen LogP contribution in [0.25, 0.3) is 0 Å². The molecule has 40 heavy (non-hydrogen) atoms. The number of piperidine rings is 1. The molecule has 9 nitrogen and oxygen atoms in total. The highest BCUT2D eigenvalue weighted by molar-refractivity contribution is 6.02. The predicted octanol–water partition coefficient (Wildman–Crippen LogP) is 3.11. The number of hydrogen-bond acceptors (Lipinski definition) is 6. The van der Waals surface area contributed by atoms with Crippen LogP contribution in [-0.4, -0.2) is 84.1 Å². The molecule has 3 amide bonds. The number of carbonyl (C=O) groups excluding carboxylic acids is 3. The number of anilines is 1. The summed E-state index contributed by atoms with van der Waals surface area (Å²) in [6.07, 6.45) is 12.0. The second-order valence-corrected chi connectivity index (χ2v) is 12.2. The third-order valence-electron chi connectivity index (χ3n) is 9.78. The number of rotatable bonds is 8. The van der Waals surface area contributed by atoms with Crippen molar-refractivity contribution in [3.8, 4) is 5.75 Å². The first-order chi connectivity index (χ1) is 19.4. The average Bonchev–Trinajstić information content (AvgIpc) is 3.60. The van der Waals surface area contributed by atoms with Crippen LogP contribution >= 0.6 is 0 Å². The molecule has 0 aromatic heterocycles. The van der Waals surface area contributed by atoms with Crippen LogP contribution in [0.15, 0.2) is 36.4 Å². The van der Waals surface area contributed by atoms with Gasteiger partial charge in [0.2, 0.25) is 17.7 Å². The maximum absolute atomic E-state index is 14.2. The van der Waals surface area contributed by atoms with E-state index in [0.717, 1.165) is 45.1 Å². The van der Waals surface area contributed by atoms with E-state index in [-0.39, 0.29) is 23.8 Å². The lowest BCUT2D eigenvalue weighted by Crippen LogP contribution is -2.57. The SMILES string of the molecule is COc1cccc(NC(=O)[C@H]2[C@@H]3C=C[C@]4(O3)C(C(=O)NC3CCCCC3)N(CCN3CCCCC3C)C(=O)[C@@H]24)c1. The van der Waals surface area contributed by atoms with Crippen LogP contribution < -0.4 is 15.4 Å². The van der Waals surface area contributed by atoms with Gasteiger partial charge in [0.05, 0.1) is 25.0 Å². The number of amides is 3. The first kappa shape index (κ1) is 27.3. The molecule has 3 saturated heterocycles. The number of nitrogens with zero attached hydrogens (tertiary/aromatic N) is 2. The number of benzene rings is 1. The Hall–Kier alpha value is -2.91. The Kier molecular flexibility index (Phi) is 7.61. The summed E-state index contributed by atoms with van der Waals surface area (Å²) in [6.45, 7) is 4.38. The Bertz CT molecular complexity index is 1170. The summed E-state index contributed by atoms with van der Waals surface area (Å²) in [7, 11) is 1.58. The van der Waals surface area contributed by atoms with Crippen LogP contribution in [0.3, 0.4) is 0 Å². The lowest BCUT2D eigenvalue weighted by molar-refractivity contribution is -0.141. The number of methoxy groups -OCH3 is 1. The topological polar surface area (TPSA) is 100 Å². The molecule has 1 spiro atoms. The molecule has 2 N–H and O–H groups in total. The second kappa shape index (κ2) is 11.2. The Morgan fingerprint density at radius 3 is 2.65 bits per heavy atom. The molecule has 6 rings (SSSR count). The standard InChI is InChI=1S/C31H42N4O5/c1-20-9-6-7-16-34(20)17-18-35-27(29(37)32-21-10-4-3-5-11-21)31-15-14-24(40-31)25(26(31)30(35)38)28(36)33-22-12-8-13-23(19-22)39-2/h8,12-15,19-21,24-27H,3-7,9-11,16-18H2,1-2H3,(H,32,37)(H,33,36)/t20?,24-,25-,26+,27?,31+/m0/s1. The summed E-state index contributed by atoms with van der Waals surface area (Å²) < 4.78 is 11.8. The highest BCUT2D eigenvalue weighted by atomic mass is 16.5. The van der Waals surface area contributed by atoms with Crippen molar-refractivity contribution < 1.29 is 23.9 Å². The molecule has 1 saturated carbocycles. The van der Waals surface area contributed by atoms with Gasteiger partial charge in [-0.2, -0.15) is 0 Å². The van der Waals surface area contributed by atoms with Crippen molar-refractivity contribution in [1.82, 2.24) is 15.1 Å². The molecule has 5 aliphatic rings. The van der Waals surface area contributed by atoms with E-state index in [1.165, 1.54) is 12.8 Å². The molecule has 9 heteroatoms. The van der Waals surface area contributed by atoms with E-state index >= 15 is 0 Å². The van der Waals surface area contributed by atoms with Crippen LogP contribution in [0.4, 0.5) is 5.69 Å². The Morgan fingerprint density at radius 2 is 1.88 bits per heavy atom. The van der Waals surface area contributed by atoms with Gasteiger partial charge in [-0.3, -0.25) is 19.3 Å². The number of fused-ring (bicyclic) bond motifs is 1. The van der Waals surface area contributed by atoms with Crippen LogP contribution in [0, 0.1) is 11.8 Å². The van der Waals surface area contributed by atoms with E-state index in [9.17, 15) is 14.4 Å². The molecule has 1 aromatic rings. The molecule has 4 heterocycles. The minimum Gasteiger partial charge on any atom is -0.497 e. The first-order valence-electron chi connectivity index (χ1n) is 15.1. The zero-order chi connectivity index (χ0) is 27.9. The van der Waals surface area contributed by atoms with Gasteiger partial charge in [-0.1, -0.05) is 43.9 Å². The molecule has 6 atom stereocenters. The fourth-order valence-electron chi connectivity index (χ4n) is 7.69. The van der Waals surface area contributed by atoms with Crippen LogP contribution in [-0.2, 0) is 19.1 Å². The van der Waals surface area contributed by atoms with Crippen molar-refractivity contribution in [1.29, 1.82) is 0 Å². The van der Waals surface area contributed by atoms with Crippen LogP contribution in [0.2, 0.25) is 0 Å². The molecule has 0 radical (unpaired) electrons. The highest BCUT2D eigenvalue weighted by Crippen LogP contribution is 2.55. The molecule has 2 bridgehead atoms. The third kappa shape index (κ3) is 4.81. The van der Waals surface area contributed by atoms with E-state index in [0.29, 0.717) is 30.6 Å². The van der Waals surface area contributed by atoms with Crippen molar-refractivity contribution in [2.45, 2.75) is 88.1 Å². The van der Waals surface area contributed by atoms with E-state index < -0.39 is 29.6 Å². The largest absolute Gasteiger partial charge is 0.497 e. The summed E-state index contributed by atoms with van der Waals surface area (Å²) in [5, 5.41) is 6.25. The van der Waals surface area contributed by atoms with Gasteiger partial charge >= 0.3 is 0 Å². The smallest absolute Gasteiger partial charge is 0.246 e. The summed E-state index contributed by atoms with van der Waals surface area (Å²) in [5.74, 6) is -1.42. The van der Waals surface area contributed by atoms with Crippen molar-refractivity contribution in [3.63, 3.8) is 0 Å². The Balaban J connectivity index is 1.27. The van der Waals surface area contributed by atoms with Gasteiger partial charge in [0, 0.05) is 36.9 Å². The summed E-state index contributed by atoms with van der Waals surface area (Å²) in [6, 6.07) is 6.94. The van der Waals surface area contributed by atoms with Crippen molar-refractivity contribution >= 4 is 23.4 Å². The molecule has 4 aliphatic heterocycles. The fraction of sp³-hybridized carbons (Fsp3) is 0.645. The van der Waals surface area contributed by atoms with Gasteiger partial charge in [0.1, 0.15) is 17.4 Å². The Labute approximate surface area is 236 Å². The quantitative estimate of drug-likeness (QED) is 0.483. The molecule has 1 aliphatic carbocycles. The van der Waals surface area contributed by atoms with Crippen molar-refractivity contribution in [2.75, 3.05) is 32.1 Å². The number of likely N-dealkylation sites (tertiary alicyclic amines) is 2. The van der Waals surface area contributed by atoms with E-state index in [1.807, 2.05) is 24.3 Å². The maximum atomic E-state index is 14.2. The van der Waals surface area contributed by atoms with E-state index in [4.69, 9.17) is 9.47 Å². The molecular weight excluding hydrogens is 508 g/mol.